The van der Waals surface area contributed by atoms with Crippen LogP contribution in [0, 0.1) is 0 Å². The van der Waals surface area contributed by atoms with Gasteiger partial charge in [-0.25, -0.2) is 4.79 Å². The standard InChI is InChI=1S/C14H20O4/c1-11-5-4-8-12(15)6-2-3-7-13(16)9-10-14(17)18-11/h2-3,6-7,9-13,15-16H,4-5,8H2,1H3/t11-,12-,13-/m0/s1. The summed E-state index contributed by atoms with van der Waals surface area (Å²) in [5.41, 5.74) is 0. The van der Waals surface area contributed by atoms with Gasteiger partial charge in [0.25, 0.3) is 0 Å². The van der Waals surface area contributed by atoms with Crippen LogP contribution in [0.1, 0.15) is 26.2 Å². The number of carbonyl (C=O) groups is 1. The lowest BCUT2D eigenvalue weighted by atomic mass is 10.1. The first kappa shape index (κ1) is 14.7. The Hall–Kier alpha value is -1.39. The molecule has 0 aromatic rings. The van der Waals surface area contributed by atoms with Crippen molar-refractivity contribution in [3.8, 4) is 0 Å². The third-order valence-corrected chi connectivity index (χ3v) is 2.61. The zero-order chi connectivity index (χ0) is 13.4. The number of aliphatic hydroxyl groups is 2. The second-order valence-corrected chi connectivity index (χ2v) is 4.37. The predicted molar refractivity (Wildman–Crippen MR) is 68.8 cm³/mol. The van der Waals surface area contributed by atoms with E-state index in [1.165, 1.54) is 18.2 Å². The van der Waals surface area contributed by atoms with E-state index in [1.807, 2.05) is 6.92 Å². The summed E-state index contributed by atoms with van der Waals surface area (Å²) in [4.78, 5) is 11.4. The third-order valence-electron chi connectivity index (χ3n) is 2.61. The van der Waals surface area contributed by atoms with Gasteiger partial charge in [-0.3, -0.25) is 0 Å². The predicted octanol–water partition coefficient (Wildman–Crippen LogP) is 1.49. The van der Waals surface area contributed by atoms with E-state index >= 15 is 0 Å². The topological polar surface area (TPSA) is 66.8 Å². The van der Waals surface area contributed by atoms with Gasteiger partial charge in [0.2, 0.25) is 0 Å². The lowest BCUT2D eigenvalue weighted by Crippen LogP contribution is -2.14. The molecule has 3 atom stereocenters. The molecule has 4 nitrogen and oxygen atoms in total. The molecular formula is C14H20O4. The third kappa shape index (κ3) is 6.37. The lowest BCUT2D eigenvalue weighted by molar-refractivity contribution is -0.142. The summed E-state index contributed by atoms with van der Waals surface area (Å²) in [6, 6.07) is 0. The van der Waals surface area contributed by atoms with Crippen molar-refractivity contribution in [2.24, 2.45) is 0 Å². The minimum atomic E-state index is -0.836. The van der Waals surface area contributed by atoms with Crippen molar-refractivity contribution in [3.05, 3.63) is 36.5 Å². The SMILES string of the molecule is C[C@H]1CCC[C@@H](O)C=CC=C[C@H](O)C=CC(=O)O1. The minimum Gasteiger partial charge on any atom is -0.460 e. The average molecular weight is 252 g/mol. The van der Waals surface area contributed by atoms with Gasteiger partial charge in [-0.05, 0) is 32.3 Å². The van der Waals surface area contributed by atoms with Crippen molar-refractivity contribution in [3.63, 3.8) is 0 Å². The number of cyclic esters (lactones) is 1. The van der Waals surface area contributed by atoms with Gasteiger partial charge in [0.15, 0.2) is 0 Å². The fourth-order valence-electron chi connectivity index (χ4n) is 1.62. The molecule has 2 N–H and O–H groups in total. The number of esters is 1. The van der Waals surface area contributed by atoms with Crippen LogP contribution in [0.2, 0.25) is 0 Å². The first-order valence-corrected chi connectivity index (χ1v) is 6.18. The quantitative estimate of drug-likeness (QED) is 0.641. The van der Waals surface area contributed by atoms with E-state index in [4.69, 9.17) is 4.74 Å². The molecule has 0 radical (unpaired) electrons. The Bertz CT molecular complexity index is 344. The highest BCUT2D eigenvalue weighted by atomic mass is 16.5. The molecule has 0 aromatic heterocycles. The Kier molecular flexibility index (Phi) is 6.39. The van der Waals surface area contributed by atoms with Gasteiger partial charge < -0.3 is 14.9 Å². The van der Waals surface area contributed by atoms with Gasteiger partial charge in [-0.1, -0.05) is 24.3 Å². The minimum absolute atomic E-state index is 0.186. The van der Waals surface area contributed by atoms with Crippen molar-refractivity contribution in [2.75, 3.05) is 0 Å². The van der Waals surface area contributed by atoms with Crippen LogP contribution in [0.15, 0.2) is 36.5 Å². The second-order valence-electron chi connectivity index (χ2n) is 4.37. The van der Waals surface area contributed by atoms with Gasteiger partial charge in [0, 0.05) is 6.08 Å². The molecule has 0 spiro atoms. The number of hydrogen-bond acceptors (Lipinski definition) is 4. The molecule has 0 unspecified atom stereocenters. The fourth-order valence-corrected chi connectivity index (χ4v) is 1.62. The highest BCUT2D eigenvalue weighted by Gasteiger charge is 2.08. The van der Waals surface area contributed by atoms with Gasteiger partial charge in [0.05, 0.1) is 18.3 Å². The zero-order valence-corrected chi connectivity index (χ0v) is 10.5. The lowest BCUT2D eigenvalue weighted by Gasteiger charge is -2.13. The smallest absolute Gasteiger partial charge is 0.330 e. The van der Waals surface area contributed by atoms with Crippen LogP contribution in [0.3, 0.4) is 0 Å². The van der Waals surface area contributed by atoms with Crippen molar-refractivity contribution < 1.29 is 19.7 Å². The number of aliphatic hydroxyl groups excluding tert-OH is 2. The molecule has 0 bridgehead atoms. The van der Waals surface area contributed by atoms with Crippen LogP contribution in [0.4, 0.5) is 0 Å². The van der Waals surface area contributed by atoms with Crippen molar-refractivity contribution in [2.45, 2.75) is 44.5 Å². The molecule has 1 rings (SSSR count). The number of carbonyl (C=O) groups excluding carboxylic acids is 1. The van der Waals surface area contributed by atoms with Gasteiger partial charge in [-0.15, -0.1) is 0 Å². The number of hydrogen-bond donors (Lipinski definition) is 2. The largest absolute Gasteiger partial charge is 0.460 e. The molecular weight excluding hydrogens is 232 g/mol. The first-order valence-electron chi connectivity index (χ1n) is 6.18. The molecule has 0 saturated heterocycles. The summed E-state index contributed by atoms with van der Waals surface area (Å²) in [6.07, 6.45) is 9.71. The molecule has 4 heteroatoms. The van der Waals surface area contributed by atoms with E-state index in [0.717, 1.165) is 6.42 Å². The summed E-state index contributed by atoms with van der Waals surface area (Å²) in [7, 11) is 0. The zero-order valence-electron chi connectivity index (χ0n) is 10.5. The van der Waals surface area contributed by atoms with Crippen LogP contribution in [0.25, 0.3) is 0 Å². The van der Waals surface area contributed by atoms with Gasteiger partial charge in [-0.2, -0.15) is 0 Å². The highest BCUT2D eigenvalue weighted by Crippen LogP contribution is 2.09. The number of allylic oxidation sites excluding steroid dienone is 2. The second kappa shape index (κ2) is 7.84. The molecule has 1 heterocycles. The van der Waals surface area contributed by atoms with E-state index in [1.54, 1.807) is 18.2 Å². The molecule has 0 fully saturated rings. The first-order chi connectivity index (χ1) is 8.58. The fraction of sp³-hybridized carbons (Fsp3) is 0.500. The van der Waals surface area contributed by atoms with E-state index in [0.29, 0.717) is 12.8 Å². The maximum atomic E-state index is 11.4. The molecule has 100 valence electrons. The van der Waals surface area contributed by atoms with Crippen molar-refractivity contribution in [1.29, 1.82) is 0 Å². The summed E-state index contributed by atoms with van der Waals surface area (Å²) in [5.74, 6) is -0.455. The normalized spacial score (nSPS) is 30.8. The highest BCUT2D eigenvalue weighted by molar-refractivity contribution is 5.82. The molecule has 0 aromatic carbocycles. The Morgan fingerprint density at radius 3 is 2.67 bits per heavy atom. The van der Waals surface area contributed by atoms with Crippen LogP contribution < -0.4 is 0 Å². The van der Waals surface area contributed by atoms with E-state index in [-0.39, 0.29) is 6.10 Å². The average Bonchev–Trinajstić information content (AvgIpc) is 2.31. The number of rotatable bonds is 0. The van der Waals surface area contributed by atoms with Crippen molar-refractivity contribution in [1.82, 2.24) is 0 Å². The summed E-state index contributed by atoms with van der Waals surface area (Å²) in [6.45, 7) is 1.82. The monoisotopic (exact) mass is 252 g/mol. The Balaban J connectivity index is 2.68. The summed E-state index contributed by atoms with van der Waals surface area (Å²) < 4.78 is 5.12. The molecule has 1 aliphatic rings. The summed E-state index contributed by atoms with van der Waals surface area (Å²) in [5, 5.41) is 19.1. The molecule has 1 aliphatic heterocycles. The summed E-state index contributed by atoms with van der Waals surface area (Å²) >= 11 is 0. The van der Waals surface area contributed by atoms with Crippen molar-refractivity contribution >= 4 is 5.97 Å². The molecule has 0 saturated carbocycles. The van der Waals surface area contributed by atoms with Crippen LogP contribution in [-0.2, 0) is 9.53 Å². The van der Waals surface area contributed by atoms with Crippen LogP contribution >= 0.6 is 0 Å². The van der Waals surface area contributed by atoms with Crippen LogP contribution in [0.5, 0.6) is 0 Å². The van der Waals surface area contributed by atoms with Gasteiger partial charge >= 0.3 is 5.97 Å². The maximum Gasteiger partial charge on any atom is 0.330 e. The van der Waals surface area contributed by atoms with Crippen LogP contribution in [-0.4, -0.2) is 34.5 Å². The number of ether oxygens (including phenoxy) is 1. The Labute approximate surface area is 107 Å². The molecule has 0 aliphatic carbocycles. The Morgan fingerprint density at radius 2 is 1.89 bits per heavy atom. The van der Waals surface area contributed by atoms with Gasteiger partial charge in [0.1, 0.15) is 0 Å². The maximum absolute atomic E-state index is 11.4. The van der Waals surface area contributed by atoms with E-state index < -0.39 is 18.2 Å². The van der Waals surface area contributed by atoms with E-state index in [9.17, 15) is 15.0 Å². The van der Waals surface area contributed by atoms with E-state index in [2.05, 4.69) is 0 Å². The molecule has 0 amide bonds. The molecule has 18 heavy (non-hydrogen) atoms. The Morgan fingerprint density at radius 1 is 1.17 bits per heavy atom.